The standard InChI is InChI=1S/C15H23NO3/c1-6-19-12-9-7-11(8-10-12)13(17)16-14(2,3)15(4,5)18/h7-10,18H,6H2,1-5H3,(H,16,17). The number of carbonyl (C=O) groups is 1. The highest BCUT2D eigenvalue weighted by Gasteiger charge is 2.36. The average molecular weight is 265 g/mol. The van der Waals surface area contributed by atoms with Gasteiger partial charge in [-0.25, -0.2) is 0 Å². The first kappa shape index (κ1) is 15.5. The van der Waals surface area contributed by atoms with Gasteiger partial charge in [0.2, 0.25) is 0 Å². The van der Waals surface area contributed by atoms with Gasteiger partial charge in [0.15, 0.2) is 0 Å². The van der Waals surface area contributed by atoms with Gasteiger partial charge in [0.1, 0.15) is 5.75 Å². The lowest BCUT2D eigenvalue weighted by molar-refractivity contribution is -0.00292. The van der Waals surface area contributed by atoms with E-state index in [1.807, 2.05) is 6.92 Å². The molecule has 0 saturated carbocycles. The fourth-order valence-electron chi connectivity index (χ4n) is 1.38. The Balaban J connectivity index is 2.79. The largest absolute Gasteiger partial charge is 0.494 e. The second kappa shape index (κ2) is 5.61. The van der Waals surface area contributed by atoms with Crippen molar-refractivity contribution >= 4 is 5.91 Å². The Bertz CT molecular complexity index is 430. The number of ether oxygens (including phenoxy) is 1. The van der Waals surface area contributed by atoms with Gasteiger partial charge < -0.3 is 15.2 Å². The summed E-state index contributed by atoms with van der Waals surface area (Å²) in [6.07, 6.45) is 0. The van der Waals surface area contributed by atoms with Crippen molar-refractivity contribution in [3.05, 3.63) is 29.8 Å². The van der Waals surface area contributed by atoms with Crippen LogP contribution in [-0.2, 0) is 0 Å². The van der Waals surface area contributed by atoms with Crippen molar-refractivity contribution < 1.29 is 14.6 Å². The first-order valence-corrected chi connectivity index (χ1v) is 6.45. The van der Waals surface area contributed by atoms with E-state index in [1.54, 1.807) is 52.0 Å². The fraction of sp³-hybridized carbons (Fsp3) is 0.533. The molecule has 4 nitrogen and oxygen atoms in total. The number of hydrogen-bond donors (Lipinski definition) is 2. The third-order valence-electron chi connectivity index (χ3n) is 3.38. The normalized spacial score (nSPS) is 12.1. The van der Waals surface area contributed by atoms with Crippen LogP contribution in [0.5, 0.6) is 5.75 Å². The maximum Gasteiger partial charge on any atom is 0.251 e. The first-order valence-electron chi connectivity index (χ1n) is 6.45. The average Bonchev–Trinajstić information content (AvgIpc) is 2.28. The van der Waals surface area contributed by atoms with Crippen LogP contribution >= 0.6 is 0 Å². The molecule has 106 valence electrons. The summed E-state index contributed by atoms with van der Waals surface area (Å²) in [7, 11) is 0. The van der Waals surface area contributed by atoms with Crippen LogP contribution in [0.1, 0.15) is 45.0 Å². The smallest absolute Gasteiger partial charge is 0.251 e. The third-order valence-corrected chi connectivity index (χ3v) is 3.38. The van der Waals surface area contributed by atoms with Gasteiger partial charge in [-0.15, -0.1) is 0 Å². The van der Waals surface area contributed by atoms with Crippen molar-refractivity contribution in [1.29, 1.82) is 0 Å². The number of amides is 1. The molecule has 0 unspecified atom stereocenters. The summed E-state index contributed by atoms with van der Waals surface area (Å²) < 4.78 is 5.32. The molecule has 0 atom stereocenters. The van der Waals surface area contributed by atoms with E-state index >= 15 is 0 Å². The van der Waals surface area contributed by atoms with E-state index in [1.165, 1.54) is 0 Å². The minimum atomic E-state index is -1.01. The van der Waals surface area contributed by atoms with E-state index in [9.17, 15) is 9.90 Å². The van der Waals surface area contributed by atoms with E-state index < -0.39 is 11.1 Å². The molecular weight excluding hydrogens is 242 g/mol. The van der Waals surface area contributed by atoms with Gasteiger partial charge in [-0.3, -0.25) is 4.79 Å². The van der Waals surface area contributed by atoms with Crippen molar-refractivity contribution in [2.24, 2.45) is 0 Å². The third kappa shape index (κ3) is 3.96. The SMILES string of the molecule is CCOc1ccc(C(=O)NC(C)(C)C(C)(C)O)cc1. The van der Waals surface area contributed by atoms with E-state index in [-0.39, 0.29) is 5.91 Å². The van der Waals surface area contributed by atoms with Gasteiger partial charge in [0.05, 0.1) is 17.7 Å². The number of benzene rings is 1. The Hall–Kier alpha value is -1.55. The number of hydrogen-bond acceptors (Lipinski definition) is 3. The summed E-state index contributed by atoms with van der Waals surface area (Å²) >= 11 is 0. The zero-order valence-electron chi connectivity index (χ0n) is 12.3. The topological polar surface area (TPSA) is 58.6 Å². The van der Waals surface area contributed by atoms with Crippen molar-refractivity contribution in [1.82, 2.24) is 5.32 Å². The van der Waals surface area contributed by atoms with Gasteiger partial charge in [0, 0.05) is 5.56 Å². The van der Waals surface area contributed by atoms with Crippen LogP contribution < -0.4 is 10.1 Å². The minimum Gasteiger partial charge on any atom is -0.494 e. The number of carbonyl (C=O) groups excluding carboxylic acids is 1. The van der Waals surface area contributed by atoms with Crippen LogP contribution in [0, 0.1) is 0 Å². The molecule has 1 rings (SSSR count). The molecule has 4 heteroatoms. The Morgan fingerprint density at radius 2 is 1.74 bits per heavy atom. The van der Waals surface area contributed by atoms with Crippen LogP contribution in [0.25, 0.3) is 0 Å². The van der Waals surface area contributed by atoms with Crippen LogP contribution in [0.4, 0.5) is 0 Å². The van der Waals surface area contributed by atoms with Crippen molar-refractivity contribution in [3.63, 3.8) is 0 Å². The predicted octanol–water partition coefficient (Wildman–Crippen LogP) is 2.36. The van der Waals surface area contributed by atoms with Gasteiger partial charge in [0.25, 0.3) is 5.91 Å². The Morgan fingerprint density at radius 1 is 1.21 bits per heavy atom. The highest BCUT2D eigenvalue weighted by molar-refractivity contribution is 5.94. The summed E-state index contributed by atoms with van der Waals surface area (Å²) in [4.78, 5) is 12.1. The van der Waals surface area contributed by atoms with Gasteiger partial charge in [-0.05, 0) is 58.9 Å². The second-order valence-corrected chi connectivity index (χ2v) is 5.60. The molecule has 0 saturated heterocycles. The molecule has 0 aliphatic rings. The van der Waals surface area contributed by atoms with E-state index in [2.05, 4.69) is 5.32 Å². The number of nitrogens with one attached hydrogen (secondary N) is 1. The molecule has 1 aromatic rings. The number of rotatable bonds is 5. The van der Waals surface area contributed by atoms with Gasteiger partial charge in [-0.1, -0.05) is 0 Å². The quantitative estimate of drug-likeness (QED) is 0.859. The zero-order chi connectivity index (χ0) is 14.7. The molecule has 1 aromatic carbocycles. The van der Waals surface area contributed by atoms with Crippen LogP contribution in [0.3, 0.4) is 0 Å². The van der Waals surface area contributed by atoms with Gasteiger partial charge in [-0.2, -0.15) is 0 Å². The Kier molecular flexibility index (Phi) is 4.58. The molecule has 0 aromatic heterocycles. The fourth-order valence-corrected chi connectivity index (χ4v) is 1.38. The molecule has 0 heterocycles. The number of aliphatic hydroxyl groups is 1. The minimum absolute atomic E-state index is 0.213. The van der Waals surface area contributed by atoms with E-state index in [0.29, 0.717) is 12.2 Å². The maximum atomic E-state index is 12.1. The van der Waals surface area contributed by atoms with Crippen molar-refractivity contribution in [3.8, 4) is 5.75 Å². The molecule has 0 fully saturated rings. The molecule has 0 aliphatic carbocycles. The highest BCUT2D eigenvalue weighted by Crippen LogP contribution is 2.21. The molecule has 1 amide bonds. The van der Waals surface area contributed by atoms with Crippen LogP contribution in [0.2, 0.25) is 0 Å². The van der Waals surface area contributed by atoms with E-state index in [0.717, 1.165) is 5.75 Å². The van der Waals surface area contributed by atoms with Gasteiger partial charge >= 0.3 is 0 Å². The molecular formula is C15H23NO3. The highest BCUT2D eigenvalue weighted by atomic mass is 16.5. The molecule has 0 bridgehead atoms. The summed E-state index contributed by atoms with van der Waals surface area (Å²) in [5, 5.41) is 12.9. The lowest BCUT2D eigenvalue weighted by atomic mass is 9.86. The van der Waals surface area contributed by atoms with Crippen molar-refractivity contribution in [2.75, 3.05) is 6.61 Å². The summed E-state index contributed by atoms with van der Waals surface area (Å²) in [6.45, 7) is 9.43. The lowest BCUT2D eigenvalue weighted by Gasteiger charge is -2.38. The summed E-state index contributed by atoms with van der Waals surface area (Å²) in [5.74, 6) is 0.524. The summed E-state index contributed by atoms with van der Waals surface area (Å²) in [6, 6.07) is 6.94. The second-order valence-electron chi connectivity index (χ2n) is 5.60. The summed E-state index contributed by atoms with van der Waals surface area (Å²) in [5.41, 5.74) is -1.18. The van der Waals surface area contributed by atoms with Crippen LogP contribution in [-0.4, -0.2) is 28.8 Å². The molecule has 2 N–H and O–H groups in total. The van der Waals surface area contributed by atoms with Crippen LogP contribution in [0.15, 0.2) is 24.3 Å². The molecule has 19 heavy (non-hydrogen) atoms. The Labute approximate surface area is 114 Å². The molecule has 0 aliphatic heterocycles. The molecule has 0 radical (unpaired) electrons. The monoisotopic (exact) mass is 265 g/mol. The lowest BCUT2D eigenvalue weighted by Crippen LogP contribution is -2.57. The Morgan fingerprint density at radius 3 is 2.16 bits per heavy atom. The first-order chi connectivity index (χ1) is 8.67. The maximum absolute atomic E-state index is 12.1. The van der Waals surface area contributed by atoms with Crippen molar-refractivity contribution in [2.45, 2.75) is 45.8 Å². The predicted molar refractivity (Wildman–Crippen MR) is 75.5 cm³/mol. The van der Waals surface area contributed by atoms with E-state index in [4.69, 9.17) is 4.74 Å². The zero-order valence-corrected chi connectivity index (χ0v) is 12.3. The molecule has 0 spiro atoms.